The fraction of sp³-hybridized carbons (Fsp3) is 0.118. The van der Waals surface area contributed by atoms with Crippen LogP contribution in [0.3, 0.4) is 0 Å². The summed E-state index contributed by atoms with van der Waals surface area (Å²) in [4.78, 5) is 38.4. The second-order valence-electron chi connectivity index (χ2n) is 5.48. The van der Waals surface area contributed by atoms with Crippen molar-refractivity contribution in [1.29, 1.82) is 0 Å². The molecule has 1 aromatic carbocycles. The van der Waals surface area contributed by atoms with Gasteiger partial charge in [-0.3, -0.25) is 19.3 Å². The second kappa shape index (κ2) is 7.54. The molecule has 0 saturated carbocycles. The van der Waals surface area contributed by atoms with Crippen molar-refractivity contribution in [3.8, 4) is 0 Å². The van der Waals surface area contributed by atoms with Crippen LogP contribution in [0.5, 0.6) is 0 Å². The number of hydrazone groups is 1. The molecule has 9 heteroatoms. The molecule has 0 unspecified atom stereocenters. The lowest BCUT2D eigenvalue weighted by atomic mass is 10.1. The van der Waals surface area contributed by atoms with Gasteiger partial charge in [0.15, 0.2) is 11.0 Å². The summed E-state index contributed by atoms with van der Waals surface area (Å²) in [7, 11) is 0. The average Bonchev–Trinajstić information content (AvgIpc) is 3.14. The van der Waals surface area contributed by atoms with Crippen molar-refractivity contribution in [3.05, 3.63) is 52.2 Å². The monoisotopic (exact) mass is 386 g/mol. The Morgan fingerprint density at radius 1 is 1.31 bits per heavy atom. The first-order valence-electron chi connectivity index (χ1n) is 7.60. The SMILES string of the molecule is Cc1ccc(N2C(=O)[C@H](/C=N\NC(=O)c3cccs3)C(=O)NC2=S)cc1. The highest BCUT2D eigenvalue weighted by molar-refractivity contribution is 7.80. The number of nitrogens with one attached hydrogen (secondary N) is 2. The van der Waals surface area contributed by atoms with Gasteiger partial charge in [0.1, 0.15) is 0 Å². The molecule has 132 valence electrons. The van der Waals surface area contributed by atoms with Crippen molar-refractivity contribution in [2.24, 2.45) is 11.0 Å². The quantitative estimate of drug-likeness (QED) is 0.363. The van der Waals surface area contributed by atoms with E-state index in [2.05, 4.69) is 15.8 Å². The van der Waals surface area contributed by atoms with Crippen LogP contribution in [0.1, 0.15) is 15.2 Å². The van der Waals surface area contributed by atoms with Gasteiger partial charge in [-0.25, -0.2) is 5.43 Å². The standard InChI is InChI=1S/C17H14N4O3S2/c1-10-4-6-11(7-5-10)21-16(24)12(14(22)19-17(21)25)9-18-20-15(23)13-3-2-8-26-13/h2-9,12H,1H3,(H,20,23)(H,19,22,25)/b18-9-/t12-/m1/s1. The Morgan fingerprint density at radius 2 is 2.04 bits per heavy atom. The maximum Gasteiger partial charge on any atom is 0.281 e. The smallest absolute Gasteiger partial charge is 0.281 e. The molecule has 0 bridgehead atoms. The molecule has 2 heterocycles. The van der Waals surface area contributed by atoms with Gasteiger partial charge in [-0.1, -0.05) is 23.8 Å². The Kier molecular flexibility index (Phi) is 5.19. The summed E-state index contributed by atoms with van der Waals surface area (Å²) in [5.74, 6) is -2.72. The van der Waals surface area contributed by atoms with Gasteiger partial charge < -0.3 is 5.32 Å². The Balaban J connectivity index is 1.76. The Labute approximate surface area is 158 Å². The number of anilines is 1. The number of rotatable bonds is 4. The van der Waals surface area contributed by atoms with E-state index in [0.717, 1.165) is 11.8 Å². The van der Waals surface area contributed by atoms with E-state index in [1.165, 1.54) is 16.2 Å². The topological polar surface area (TPSA) is 90.9 Å². The molecule has 0 radical (unpaired) electrons. The van der Waals surface area contributed by atoms with Crippen molar-refractivity contribution in [2.45, 2.75) is 6.92 Å². The predicted octanol–water partition coefficient (Wildman–Crippen LogP) is 1.84. The lowest BCUT2D eigenvalue weighted by molar-refractivity contribution is -0.130. The van der Waals surface area contributed by atoms with Crippen LogP contribution in [0.4, 0.5) is 5.69 Å². The van der Waals surface area contributed by atoms with Gasteiger partial charge in [-0.15, -0.1) is 11.3 Å². The highest BCUT2D eigenvalue weighted by Crippen LogP contribution is 2.20. The molecule has 1 aliphatic rings. The van der Waals surface area contributed by atoms with Crippen LogP contribution < -0.4 is 15.6 Å². The number of amides is 3. The summed E-state index contributed by atoms with van der Waals surface area (Å²) in [5.41, 5.74) is 3.88. The molecule has 26 heavy (non-hydrogen) atoms. The van der Waals surface area contributed by atoms with Gasteiger partial charge in [0.25, 0.3) is 11.8 Å². The number of thiocarbonyl (C=S) groups is 1. The number of hydrogen-bond donors (Lipinski definition) is 2. The summed E-state index contributed by atoms with van der Waals surface area (Å²) in [6.45, 7) is 1.92. The van der Waals surface area contributed by atoms with Gasteiger partial charge >= 0.3 is 0 Å². The minimum Gasteiger partial charge on any atom is -0.301 e. The van der Waals surface area contributed by atoms with E-state index >= 15 is 0 Å². The molecular weight excluding hydrogens is 372 g/mol. The van der Waals surface area contributed by atoms with E-state index in [9.17, 15) is 14.4 Å². The van der Waals surface area contributed by atoms with E-state index < -0.39 is 23.6 Å². The highest BCUT2D eigenvalue weighted by atomic mass is 32.1. The third kappa shape index (κ3) is 3.68. The maximum absolute atomic E-state index is 12.7. The van der Waals surface area contributed by atoms with Gasteiger partial charge in [-0.2, -0.15) is 5.10 Å². The summed E-state index contributed by atoms with van der Waals surface area (Å²) in [6, 6.07) is 10.5. The van der Waals surface area contributed by atoms with E-state index in [4.69, 9.17) is 12.2 Å². The first kappa shape index (κ1) is 17.9. The molecule has 0 spiro atoms. The van der Waals surface area contributed by atoms with E-state index in [1.54, 1.807) is 29.6 Å². The fourth-order valence-electron chi connectivity index (χ4n) is 2.29. The molecule has 1 saturated heterocycles. The predicted molar refractivity (Wildman–Crippen MR) is 103 cm³/mol. The largest absolute Gasteiger partial charge is 0.301 e. The van der Waals surface area contributed by atoms with Crippen LogP contribution in [0.2, 0.25) is 0 Å². The molecule has 2 aromatic rings. The summed E-state index contributed by atoms with van der Waals surface area (Å²) in [5, 5.41) is 8.01. The van der Waals surface area contributed by atoms with E-state index in [0.29, 0.717) is 10.6 Å². The van der Waals surface area contributed by atoms with Crippen LogP contribution in [0, 0.1) is 12.8 Å². The number of thiophene rings is 1. The molecule has 2 N–H and O–H groups in total. The van der Waals surface area contributed by atoms with Gasteiger partial charge in [0, 0.05) is 6.21 Å². The summed E-state index contributed by atoms with van der Waals surface area (Å²) in [6.07, 6.45) is 1.10. The van der Waals surface area contributed by atoms with Crippen LogP contribution >= 0.6 is 23.6 Å². The van der Waals surface area contributed by atoms with Crippen molar-refractivity contribution in [1.82, 2.24) is 10.7 Å². The van der Waals surface area contributed by atoms with Crippen molar-refractivity contribution >= 4 is 58.3 Å². The van der Waals surface area contributed by atoms with E-state index in [-0.39, 0.29) is 5.11 Å². The Hall–Kier alpha value is -2.91. The summed E-state index contributed by atoms with van der Waals surface area (Å²) < 4.78 is 0. The number of aryl methyl sites for hydroxylation is 1. The van der Waals surface area contributed by atoms with Gasteiger partial charge in [0.05, 0.1) is 10.6 Å². The first-order chi connectivity index (χ1) is 12.5. The van der Waals surface area contributed by atoms with Crippen LogP contribution in [-0.2, 0) is 9.59 Å². The molecule has 1 fully saturated rings. The normalized spacial score (nSPS) is 17.5. The lowest BCUT2D eigenvalue weighted by Crippen LogP contribution is -2.58. The zero-order valence-electron chi connectivity index (χ0n) is 13.6. The molecule has 0 aliphatic carbocycles. The Bertz CT molecular complexity index is 891. The van der Waals surface area contributed by atoms with Crippen LogP contribution in [0.25, 0.3) is 0 Å². The van der Waals surface area contributed by atoms with Crippen molar-refractivity contribution in [2.75, 3.05) is 4.90 Å². The molecule has 1 aromatic heterocycles. The molecular formula is C17H14N4O3S2. The fourth-order valence-corrected chi connectivity index (χ4v) is 3.20. The maximum atomic E-state index is 12.7. The van der Waals surface area contributed by atoms with Gasteiger partial charge in [-0.05, 0) is 42.7 Å². The minimum absolute atomic E-state index is 0.0103. The average molecular weight is 386 g/mol. The summed E-state index contributed by atoms with van der Waals surface area (Å²) >= 11 is 6.38. The third-order valence-corrected chi connectivity index (χ3v) is 4.78. The number of carbonyl (C=O) groups is 3. The molecule has 7 nitrogen and oxygen atoms in total. The molecule has 3 rings (SSSR count). The lowest BCUT2D eigenvalue weighted by Gasteiger charge is -2.30. The number of carbonyl (C=O) groups excluding carboxylic acids is 3. The second-order valence-corrected chi connectivity index (χ2v) is 6.81. The van der Waals surface area contributed by atoms with Gasteiger partial charge in [0.2, 0.25) is 5.91 Å². The third-order valence-electron chi connectivity index (χ3n) is 3.63. The molecule has 1 aliphatic heterocycles. The number of benzene rings is 1. The van der Waals surface area contributed by atoms with Crippen molar-refractivity contribution < 1.29 is 14.4 Å². The van der Waals surface area contributed by atoms with E-state index in [1.807, 2.05) is 19.1 Å². The highest BCUT2D eigenvalue weighted by Gasteiger charge is 2.38. The molecule has 1 atom stereocenters. The number of hydrogen-bond acceptors (Lipinski definition) is 6. The zero-order valence-corrected chi connectivity index (χ0v) is 15.3. The Morgan fingerprint density at radius 3 is 2.69 bits per heavy atom. The van der Waals surface area contributed by atoms with Crippen molar-refractivity contribution in [3.63, 3.8) is 0 Å². The number of nitrogens with zero attached hydrogens (tertiary/aromatic N) is 2. The minimum atomic E-state index is -1.19. The zero-order chi connectivity index (χ0) is 18.7. The molecule has 3 amide bonds. The van der Waals surface area contributed by atoms with Crippen LogP contribution in [0.15, 0.2) is 46.9 Å². The first-order valence-corrected chi connectivity index (χ1v) is 8.88. The van der Waals surface area contributed by atoms with Crippen LogP contribution in [-0.4, -0.2) is 29.0 Å².